The van der Waals surface area contributed by atoms with Crippen molar-refractivity contribution in [2.45, 2.75) is 77.9 Å². The van der Waals surface area contributed by atoms with Crippen LogP contribution in [0, 0.1) is 5.92 Å². The number of esters is 1. The fourth-order valence-corrected chi connectivity index (χ4v) is 3.86. The van der Waals surface area contributed by atoms with Crippen LogP contribution in [0.1, 0.15) is 66.2 Å². The Morgan fingerprint density at radius 3 is 2.52 bits per heavy atom. The minimum Gasteiger partial charge on any atom is -0.459 e. The molecule has 0 radical (unpaired) electrons. The summed E-state index contributed by atoms with van der Waals surface area (Å²) in [5.41, 5.74) is -0.374. The Kier molecular flexibility index (Phi) is 8.72. The standard InChI is InChI=1S/C17H33NO2S/c1-5-11-18-15(14-9-7-6-8-10-14)12-21-13-16(19)20-17(2,3)4/h14-15,18H,5-13H2,1-4H3. The van der Waals surface area contributed by atoms with Crippen LogP contribution < -0.4 is 5.32 Å². The Morgan fingerprint density at radius 2 is 1.95 bits per heavy atom. The number of thioether (sulfide) groups is 1. The summed E-state index contributed by atoms with van der Waals surface area (Å²) in [5.74, 6) is 2.18. The van der Waals surface area contributed by atoms with Crippen molar-refractivity contribution in [1.82, 2.24) is 5.32 Å². The molecule has 0 saturated heterocycles. The van der Waals surface area contributed by atoms with Gasteiger partial charge in [0.05, 0.1) is 5.75 Å². The van der Waals surface area contributed by atoms with Gasteiger partial charge in [-0.05, 0) is 52.5 Å². The smallest absolute Gasteiger partial charge is 0.316 e. The molecular weight excluding hydrogens is 282 g/mol. The molecule has 1 atom stereocenters. The highest BCUT2D eigenvalue weighted by atomic mass is 32.2. The van der Waals surface area contributed by atoms with Gasteiger partial charge in [-0.25, -0.2) is 0 Å². The largest absolute Gasteiger partial charge is 0.459 e. The van der Waals surface area contributed by atoms with Crippen LogP contribution in [-0.4, -0.2) is 35.7 Å². The summed E-state index contributed by atoms with van der Waals surface area (Å²) in [6.07, 6.45) is 7.97. The van der Waals surface area contributed by atoms with Crippen LogP contribution in [0.5, 0.6) is 0 Å². The number of ether oxygens (including phenoxy) is 1. The first kappa shape index (κ1) is 18.8. The first-order valence-corrected chi connectivity index (χ1v) is 9.61. The van der Waals surface area contributed by atoms with Gasteiger partial charge in [0.1, 0.15) is 5.60 Å². The summed E-state index contributed by atoms with van der Waals surface area (Å²) in [6, 6.07) is 0.553. The van der Waals surface area contributed by atoms with Crippen molar-refractivity contribution in [3.63, 3.8) is 0 Å². The minimum atomic E-state index is -0.374. The molecule has 1 saturated carbocycles. The number of rotatable bonds is 8. The van der Waals surface area contributed by atoms with Crippen LogP contribution in [0.2, 0.25) is 0 Å². The molecule has 0 aromatic heterocycles. The molecule has 1 aliphatic rings. The van der Waals surface area contributed by atoms with Crippen LogP contribution in [0.4, 0.5) is 0 Å². The molecule has 0 spiro atoms. The summed E-state index contributed by atoms with van der Waals surface area (Å²) in [7, 11) is 0. The van der Waals surface area contributed by atoms with Gasteiger partial charge in [0.2, 0.25) is 0 Å². The van der Waals surface area contributed by atoms with Crippen molar-refractivity contribution < 1.29 is 9.53 Å². The number of hydrogen-bond donors (Lipinski definition) is 1. The predicted octanol–water partition coefficient (Wildman–Crippen LogP) is 4.01. The van der Waals surface area contributed by atoms with Crippen molar-refractivity contribution in [2.75, 3.05) is 18.1 Å². The molecular formula is C17H33NO2S. The Labute approximate surface area is 135 Å². The average molecular weight is 316 g/mol. The molecule has 1 rings (SSSR count). The van der Waals surface area contributed by atoms with E-state index in [0.29, 0.717) is 11.8 Å². The highest BCUT2D eigenvalue weighted by molar-refractivity contribution is 7.99. The quantitative estimate of drug-likeness (QED) is 0.687. The van der Waals surface area contributed by atoms with E-state index in [2.05, 4.69) is 12.2 Å². The highest BCUT2D eigenvalue weighted by Crippen LogP contribution is 2.28. The average Bonchev–Trinajstić information content (AvgIpc) is 2.41. The third kappa shape index (κ3) is 8.72. The molecule has 0 bridgehead atoms. The lowest BCUT2D eigenvalue weighted by atomic mass is 9.84. The zero-order chi connectivity index (χ0) is 15.7. The summed E-state index contributed by atoms with van der Waals surface area (Å²) >= 11 is 1.72. The molecule has 21 heavy (non-hydrogen) atoms. The van der Waals surface area contributed by atoms with E-state index in [0.717, 1.165) is 18.2 Å². The molecule has 0 heterocycles. The Hall–Kier alpha value is -0.220. The van der Waals surface area contributed by atoms with Crippen LogP contribution >= 0.6 is 11.8 Å². The van der Waals surface area contributed by atoms with Gasteiger partial charge < -0.3 is 10.1 Å². The van der Waals surface area contributed by atoms with Gasteiger partial charge in [0, 0.05) is 11.8 Å². The molecule has 4 heteroatoms. The van der Waals surface area contributed by atoms with Gasteiger partial charge in [0.25, 0.3) is 0 Å². The zero-order valence-electron chi connectivity index (χ0n) is 14.2. The third-order valence-corrected chi connectivity index (χ3v) is 4.85. The molecule has 3 nitrogen and oxygen atoms in total. The summed E-state index contributed by atoms with van der Waals surface area (Å²) in [4.78, 5) is 11.8. The lowest BCUT2D eigenvalue weighted by molar-refractivity contribution is -0.151. The van der Waals surface area contributed by atoms with E-state index in [1.807, 2.05) is 20.8 Å². The van der Waals surface area contributed by atoms with Crippen LogP contribution in [-0.2, 0) is 9.53 Å². The predicted molar refractivity (Wildman–Crippen MR) is 91.8 cm³/mol. The third-order valence-electron chi connectivity index (χ3n) is 3.81. The molecule has 1 aliphatic carbocycles. The van der Waals surface area contributed by atoms with Gasteiger partial charge in [-0.1, -0.05) is 26.2 Å². The SMILES string of the molecule is CCCNC(CSCC(=O)OC(C)(C)C)C1CCCCC1. The fraction of sp³-hybridized carbons (Fsp3) is 0.941. The normalized spacial score (nSPS) is 18.5. The molecule has 1 fully saturated rings. The molecule has 0 aromatic carbocycles. The van der Waals surface area contributed by atoms with Gasteiger partial charge in [0.15, 0.2) is 0 Å². The molecule has 1 unspecified atom stereocenters. The van der Waals surface area contributed by atoms with Crippen LogP contribution in [0.25, 0.3) is 0 Å². The first-order chi connectivity index (χ1) is 9.92. The molecule has 124 valence electrons. The maximum atomic E-state index is 11.8. The summed E-state index contributed by atoms with van der Waals surface area (Å²) in [6.45, 7) is 9.04. The molecule has 1 N–H and O–H groups in total. The molecule has 0 aromatic rings. The monoisotopic (exact) mass is 315 g/mol. The summed E-state index contributed by atoms with van der Waals surface area (Å²) in [5, 5.41) is 3.69. The van der Waals surface area contributed by atoms with E-state index < -0.39 is 0 Å². The van der Waals surface area contributed by atoms with Gasteiger partial charge in [-0.3, -0.25) is 4.79 Å². The number of nitrogens with one attached hydrogen (secondary N) is 1. The number of carbonyl (C=O) groups is 1. The lowest BCUT2D eigenvalue weighted by Gasteiger charge is -2.31. The van der Waals surface area contributed by atoms with E-state index >= 15 is 0 Å². The van der Waals surface area contributed by atoms with E-state index in [-0.39, 0.29) is 11.6 Å². The molecule has 0 amide bonds. The van der Waals surface area contributed by atoms with Crippen molar-refractivity contribution >= 4 is 17.7 Å². The number of hydrogen-bond acceptors (Lipinski definition) is 4. The Bertz CT molecular complexity index is 296. The second kappa shape index (κ2) is 9.73. The maximum absolute atomic E-state index is 11.8. The van der Waals surface area contributed by atoms with Crippen molar-refractivity contribution in [3.8, 4) is 0 Å². The lowest BCUT2D eigenvalue weighted by Crippen LogP contribution is -2.40. The van der Waals surface area contributed by atoms with E-state index in [9.17, 15) is 4.79 Å². The van der Waals surface area contributed by atoms with E-state index in [4.69, 9.17) is 4.74 Å². The van der Waals surface area contributed by atoms with Crippen molar-refractivity contribution in [3.05, 3.63) is 0 Å². The van der Waals surface area contributed by atoms with E-state index in [1.165, 1.54) is 38.5 Å². The van der Waals surface area contributed by atoms with Gasteiger partial charge in [-0.15, -0.1) is 11.8 Å². The topological polar surface area (TPSA) is 38.3 Å². The molecule has 0 aliphatic heterocycles. The fourth-order valence-electron chi connectivity index (χ4n) is 2.87. The van der Waals surface area contributed by atoms with Crippen LogP contribution in [0.15, 0.2) is 0 Å². The minimum absolute atomic E-state index is 0.0922. The second-order valence-electron chi connectivity index (χ2n) is 7.06. The van der Waals surface area contributed by atoms with E-state index in [1.54, 1.807) is 11.8 Å². The second-order valence-corrected chi connectivity index (χ2v) is 8.09. The Morgan fingerprint density at radius 1 is 1.29 bits per heavy atom. The number of carbonyl (C=O) groups excluding carboxylic acids is 1. The highest BCUT2D eigenvalue weighted by Gasteiger charge is 2.24. The first-order valence-electron chi connectivity index (χ1n) is 8.45. The van der Waals surface area contributed by atoms with Gasteiger partial charge >= 0.3 is 5.97 Å². The Balaban J connectivity index is 2.33. The van der Waals surface area contributed by atoms with Gasteiger partial charge in [-0.2, -0.15) is 0 Å². The van der Waals surface area contributed by atoms with Crippen LogP contribution in [0.3, 0.4) is 0 Å². The van der Waals surface area contributed by atoms with Crippen molar-refractivity contribution in [2.24, 2.45) is 5.92 Å². The zero-order valence-corrected chi connectivity index (χ0v) is 15.1. The maximum Gasteiger partial charge on any atom is 0.316 e. The summed E-state index contributed by atoms with van der Waals surface area (Å²) < 4.78 is 5.37. The van der Waals surface area contributed by atoms with Crippen molar-refractivity contribution in [1.29, 1.82) is 0 Å².